The van der Waals surface area contributed by atoms with Crippen molar-refractivity contribution >= 4 is 16.8 Å². The molecule has 5 heteroatoms. The number of aryl methyl sites for hydroxylation is 1. The maximum absolute atomic E-state index is 12.3. The van der Waals surface area contributed by atoms with Gasteiger partial charge in [-0.3, -0.25) is 14.5 Å². The van der Waals surface area contributed by atoms with Crippen molar-refractivity contribution in [3.63, 3.8) is 0 Å². The molecule has 0 saturated heterocycles. The van der Waals surface area contributed by atoms with Crippen LogP contribution in [0.4, 0.5) is 0 Å². The Balaban J connectivity index is 1.70. The van der Waals surface area contributed by atoms with Crippen LogP contribution in [-0.4, -0.2) is 27.2 Å². The first-order valence-corrected chi connectivity index (χ1v) is 6.85. The number of pyridine rings is 1. The van der Waals surface area contributed by atoms with Gasteiger partial charge in [-0.2, -0.15) is 5.10 Å². The number of nitrogens with one attached hydrogen (secondary N) is 1. The number of amides is 1. The highest BCUT2D eigenvalue weighted by atomic mass is 16.1. The highest BCUT2D eigenvalue weighted by molar-refractivity contribution is 6.04. The van der Waals surface area contributed by atoms with Crippen LogP contribution in [0.25, 0.3) is 10.9 Å². The summed E-state index contributed by atoms with van der Waals surface area (Å²) in [6, 6.07) is 13.5. The number of aromatic nitrogens is 3. The Morgan fingerprint density at radius 3 is 2.81 bits per heavy atom. The largest absolute Gasteiger partial charge is 0.350 e. The highest BCUT2D eigenvalue weighted by Crippen LogP contribution is 2.17. The molecule has 1 amide bonds. The first-order valence-electron chi connectivity index (χ1n) is 6.85. The van der Waals surface area contributed by atoms with E-state index in [2.05, 4.69) is 15.4 Å². The maximum Gasteiger partial charge on any atom is 0.272 e. The summed E-state index contributed by atoms with van der Waals surface area (Å²) in [5, 5.41) is 8.07. The lowest BCUT2D eigenvalue weighted by Crippen LogP contribution is -2.26. The lowest BCUT2D eigenvalue weighted by molar-refractivity contribution is 0.0950. The third kappa shape index (κ3) is 2.76. The van der Waals surface area contributed by atoms with Gasteiger partial charge in [0.2, 0.25) is 0 Å². The number of carbonyl (C=O) groups excluding carboxylic acids is 1. The van der Waals surface area contributed by atoms with Crippen molar-refractivity contribution in [2.24, 2.45) is 7.05 Å². The summed E-state index contributed by atoms with van der Waals surface area (Å²) in [6.07, 6.45) is 2.46. The third-order valence-electron chi connectivity index (χ3n) is 3.37. The van der Waals surface area contributed by atoms with E-state index in [0.717, 1.165) is 16.6 Å². The topological polar surface area (TPSA) is 59.8 Å². The van der Waals surface area contributed by atoms with Crippen LogP contribution >= 0.6 is 0 Å². The molecule has 0 atom stereocenters. The van der Waals surface area contributed by atoms with E-state index in [1.165, 1.54) is 0 Å². The average Bonchev–Trinajstić information content (AvgIpc) is 2.86. The van der Waals surface area contributed by atoms with E-state index in [1.54, 1.807) is 10.9 Å². The fraction of sp³-hybridized carbons (Fsp3) is 0.188. The lowest BCUT2D eigenvalue weighted by atomic mass is 10.2. The van der Waals surface area contributed by atoms with E-state index in [4.69, 9.17) is 0 Å². The fourth-order valence-corrected chi connectivity index (χ4v) is 2.32. The molecule has 21 heavy (non-hydrogen) atoms. The van der Waals surface area contributed by atoms with Gasteiger partial charge in [0, 0.05) is 37.3 Å². The molecule has 0 aliphatic rings. The summed E-state index contributed by atoms with van der Waals surface area (Å²) in [4.78, 5) is 16.5. The van der Waals surface area contributed by atoms with Crippen LogP contribution in [0.5, 0.6) is 0 Å². The Hall–Kier alpha value is -2.69. The lowest BCUT2D eigenvalue weighted by Gasteiger charge is -2.03. The summed E-state index contributed by atoms with van der Waals surface area (Å²) in [6.45, 7) is 0.542. The Kier molecular flexibility index (Phi) is 3.64. The van der Waals surface area contributed by atoms with Crippen molar-refractivity contribution in [1.29, 1.82) is 0 Å². The Labute approximate surface area is 122 Å². The minimum absolute atomic E-state index is 0.150. The van der Waals surface area contributed by atoms with Gasteiger partial charge in [-0.1, -0.05) is 24.3 Å². The number of para-hydroxylation sites is 1. The van der Waals surface area contributed by atoms with E-state index in [0.29, 0.717) is 18.7 Å². The van der Waals surface area contributed by atoms with Crippen molar-refractivity contribution in [1.82, 2.24) is 20.1 Å². The summed E-state index contributed by atoms with van der Waals surface area (Å²) < 4.78 is 1.73. The number of carbonyl (C=O) groups is 1. The highest BCUT2D eigenvalue weighted by Gasteiger charge is 2.14. The third-order valence-corrected chi connectivity index (χ3v) is 3.37. The molecule has 3 rings (SSSR count). The summed E-state index contributed by atoms with van der Waals surface area (Å²) in [7, 11) is 1.84. The van der Waals surface area contributed by atoms with Crippen LogP contribution in [0, 0.1) is 0 Å². The van der Waals surface area contributed by atoms with Gasteiger partial charge in [-0.25, -0.2) is 0 Å². The summed E-state index contributed by atoms with van der Waals surface area (Å²) in [5.74, 6) is -0.150. The molecule has 2 heterocycles. The van der Waals surface area contributed by atoms with Crippen molar-refractivity contribution in [2.45, 2.75) is 6.42 Å². The predicted octanol–water partition coefficient (Wildman–Crippen LogP) is 1.94. The van der Waals surface area contributed by atoms with Gasteiger partial charge in [0.15, 0.2) is 5.69 Å². The zero-order valence-corrected chi connectivity index (χ0v) is 11.8. The monoisotopic (exact) mass is 280 g/mol. The van der Waals surface area contributed by atoms with Crippen molar-refractivity contribution in [3.8, 4) is 0 Å². The van der Waals surface area contributed by atoms with Gasteiger partial charge in [-0.15, -0.1) is 0 Å². The molecule has 0 aliphatic heterocycles. The van der Waals surface area contributed by atoms with Crippen LogP contribution in [0.1, 0.15) is 16.2 Å². The van der Waals surface area contributed by atoms with Crippen molar-refractivity contribution in [2.75, 3.05) is 6.54 Å². The molecule has 1 aromatic carbocycles. The number of rotatable bonds is 4. The molecular formula is C16H16N4O. The zero-order chi connectivity index (χ0) is 14.7. The van der Waals surface area contributed by atoms with Crippen LogP contribution in [0.15, 0.2) is 48.7 Å². The average molecular weight is 280 g/mol. The van der Waals surface area contributed by atoms with E-state index in [-0.39, 0.29) is 5.91 Å². The zero-order valence-electron chi connectivity index (χ0n) is 11.8. The number of hydrogen-bond acceptors (Lipinski definition) is 3. The molecule has 0 unspecified atom stereocenters. The van der Waals surface area contributed by atoms with E-state index in [9.17, 15) is 4.79 Å². The quantitative estimate of drug-likeness (QED) is 0.794. The van der Waals surface area contributed by atoms with Gasteiger partial charge in [0.05, 0.1) is 5.52 Å². The fourth-order valence-electron chi connectivity index (χ4n) is 2.32. The molecule has 5 nitrogen and oxygen atoms in total. The van der Waals surface area contributed by atoms with Gasteiger partial charge in [0.1, 0.15) is 0 Å². The Morgan fingerprint density at radius 1 is 1.19 bits per heavy atom. The molecule has 3 aromatic rings. The van der Waals surface area contributed by atoms with Gasteiger partial charge < -0.3 is 5.32 Å². The molecular weight excluding hydrogens is 264 g/mol. The number of hydrogen-bond donors (Lipinski definition) is 1. The minimum Gasteiger partial charge on any atom is -0.350 e. The predicted molar refractivity (Wildman–Crippen MR) is 81.0 cm³/mol. The summed E-state index contributed by atoms with van der Waals surface area (Å²) in [5.41, 5.74) is 2.38. The maximum atomic E-state index is 12.3. The van der Waals surface area contributed by atoms with Gasteiger partial charge in [-0.05, 0) is 18.2 Å². The normalized spacial score (nSPS) is 10.7. The van der Waals surface area contributed by atoms with E-state index in [1.807, 2.05) is 49.5 Å². The minimum atomic E-state index is -0.150. The first kappa shape index (κ1) is 13.3. The number of nitrogens with zero attached hydrogens (tertiary/aromatic N) is 3. The number of benzene rings is 1. The first-order chi connectivity index (χ1) is 10.3. The molecule has 1 N–H and O–H groups in total. The number of fused-ring (bicyclic) bond motifs is 1. The molecule has 2 aromatic heterocycles. The standard InChI is InChI=1S/C16H16N4O/c1-20-14-8-3-2-7-13(14)15(19-20)16(21)18-11-9-12-6-4-5-10-17-12/h2-8,10H,9,11H2,1H3,(H,18,21). The van der Waals surface area contributed by atoms with E-state index >= 15 is 0 Å². The Bertz CT molecular complexity index is 764. The van der Waals surface area contributed by atoms with Crippen LogP contribution in [0.2, 0.25) is 0 Å². The molecule has 0 radical (unpaired) electrons. The molecule has 106 valence electrons. The molecule has 0 saturated carbocycles. The van der Waals surface area contributed by atoms with Crippen molar-refractivity contribution in [3.05, 3.63) is 60.0 Å². The SMILES string of the molecule is Cn1nc(C(=O)NCCc2ccccn2)c2ccccc21. The van der Waals surface area contributed by atoms with Crippen molar-refractivity contribution < 1.29 is 4.79 Å². The van der Waals surface area contributed by atoms with Crippen LogP contribution < -0.4 is 5.32 Å². The Morgan fingerprint density at radius 2 is 2.00 bits per heavy atom. The second-order valence-corrected chi connectivity index (χ2v) is 4.82. The smallest absolute Gasteiger partial charge is 0.272 e. The molecule has 0 bridgehead atoms. The molecule has 0 spiro atoms. The second-order valence-electron chi connectivity index (χ2n) is 4.82. The summed E-state index contributed by atoms with van der Waals surface area (Å²) >= 11 is 0. The van der Waals surface area contributed by atoms with Gasteiger partial charge >= 0.3 is 0 Å². The van der Waals surface area contributed by atoms with Crippen LogP contribution in [-0.2, 0) is 13.5 Å². The van der Waals surface area contributed by atoms with Crippen LogP contribution in [0.3, 0.4) is 0 Å². The molecule has 0 aliphatic carbocycles. The van der Waals surface area contributed by atoms with E-state index < -0.39 is 0 Å². The molecule has 0 fully saturated rings. The second kappa shape index (κ2) is 5.75. The van der Waals surface area contributed by atoms with Gasteiger partial charge in [0.25, 0.3) is 5.91 Å².